The van der Waals surface area contributed by atoms with E-state index in [1.54, 1.807) is 12.1 Å². The van der Waals surface area contributed by atoms with E-state index in [2.05, 4.69) is 9.46 Å². The second-order valence-corrected chi connectivity index (χ2v) is 11.3. The molecule has 7 nitrogen and oxygen atoms in total. The van der Waals surface area contributed by atoms with Crippen LogP contribution in [0.5, 0.6) is 5.75 Å². The molecule has 0 saturated carbocycles. The van der Waals surface area contributed by atoms with Crippen LogP contribution in [-0.4, -0.2) is 33.0 Å². The van der Waals surface area contributed by atoms with Gasteiger partial charge in [0.1, 0.15) is 18.1 Å². The second-order valence-electron chi connectivity index (χ2n) is 8.62. The number of aromatic nitrogens is 1. The van der Waals surface area contributed by atoms with Crippen LogP contribution in [0.2, 0.25) is 10.0 Å². The van der Waals surface area contributed by atoms with Crippen molar-refractivity contribution >= 4 is 54.9 Å². The van der Waals surface area contributed by atoms with E-state index < -0.39 is 34.2 Å². The van der Waals surface area contributed by atoms with Crippen molar-refractivity contribution in [2.75, 3.05) is 6.61 Å². The first kappa shape index (κ1) is 26.5. The quantitative estimate of drug-likeness (QED) is 0.241. The van der Waals surface area contributed by atoms with Crippen LogP contribution in [-0.2, 0) is 14.7 Å². The lowest BCUT2D eigenvalue weighted by Crippen LogP contribution is -2.34. The molecule has 0 radical (unpaired) electrons. The Morgan fingerprint density at radius 1 is 1.03 bits per heavy atom. The predicted octanol–water partition coefficient (Wildman–Crippen LogP) is 6.77. The summed E-state index contributed by atoms with van der Waals surface area (Å²) in [6, 6.07) is 14.3. The summed E-state index contributed by atoms with van der Waals surface area (Å²) in [5, 5.41) is 14.2. The highest BCUT2D eigenvalue weighted by atomic mass is 35.5. The van der Waals surface area contributed by atoms with Gasteiger partial charge in [-0.15, -0.1) is 13.2 Å². The Morgan fingerprint density at radius 3 is 2.16 bits per heavy atom. The Kier molecular flexibility index (Phi) is 6.89. The van der Waals surface area contributed by atoms with Gasteiger partial charge in [0, 0.05) is 38.3 Å². The smallest absolute Gasteiger partial charge is 0.499 e. The van der Waals surface area contributed by atoms with Gasteiger partial charge in [-0.2, -0.15) is 0 Å². The number of hydrogen-bond acceptors (Lipinski definition) is 5. The van der Waals surface area contributed by atoms with Crippen LogP contribution in [0.25, 0.3) is 21.8 Å². The van der Waals surface area contributed by atoms with Crippen molar-refractivity contribution in [2.45, 2.75) is 29.8 Å². The molecule has 4 aromatic rings. The van der Waals surface area contributed by atoms with Crippen LogP contribution in [0.3, 0.4) is 0 Å². The third kappa shape index (κ3) is 5.24. The lowest BCUT2D eigenvalue weighted by Gasteiger charge is -2.26. The Morgan fingerprint density at radius 2 is 1.61 bits per heavy atom. The zero-order chi connectivity index (χ0) is 27.2. The van der Waals surface area contributed by atoms with E-state index in [9.17, 15) is 22.5 Å². The molecule has 1 aromatic heterocycles. The van der Waals surface area contributed by atoms with Gasteiger partial charge < -0.3 is 19.1 Å². The molecule has 38 heavy (non-hydrogen) atoms. The molecule has 1 aliphatic heterocycles. The minimum atomic E-state index is -4.88. The van der Waals surface area contributed by atoms with Crippen LogP contribution in [0.1, 0.15) is 12.5 Å². The average Bonchev–Trinajstić information content (AvgIpc) is 3.03. The van der Waals surface area contributed by atoms with Gasteiger partial charge >= 0.3 is 6.36 Å². The Labute approximate surface area is 225 Å². The molecular formula is C25H20Cl2F3N3O4S. The summed E-state index contributed by atoms with van der Waals surface area (Å²) in [5.41, 5.74) is 1.55. The van der Waals surface area contributed by atoms with E-state index >= 15 is 0 Å². The first-order valence-electron chi connectivity index (χ1n) is 11.2. The molecule has 0 amide bonds. The van der Waals surface area contributed by atoms with Crippen molar-refractivity contribution in [3.8, 4) is 5.75 Å². The molecule has 1 aliphatic rings. The van der Waals surface area contributed by atoms with E-state index in [1.807, 2.05) is 28.8 Å². The van der Waals surface area contributed by atoms with Gasteiger partial charge in [-0.05, 0) is 60.7 Å². The number of fused-ring (bicyclic) bond motifs is 3. The fourth-order valence-electron chi connectivity index (χ4n) is 4.54. The molecule has 3 aromatic carbocycles. The summed E-state index contributed by atoms with van der Waals surface area (Å²) in [7, 11) is -3.80. The summed E-state index contributed by atoms with van der Waals surface area (Å²) in [4.78, 5) is -0.109. The summed E-state index contributed by atoms with van der Waals surface area (Å²) >= 11 is 12.5. The van der Waals surface area contributed by atoms with Gasteiger partial charge in [-0.25, -0.2) is 8.99 Å². The van der Waals surface area contributed by atoms with Gasteiger partial charge in [0.25, 0.3) is 0 Å². The highest BCUT2D eigenvalue weighted by Gasteiger charge is 2.33. The lowest BCUT2D eigenvalue weighted by atomic mass is 10.1. The first-order valence-corrected chi connectivity index (χ1v) is 13.6. The van der Waals surface area contributed by atoms with Gasteiger partial charge in [-0.3, -0.25) is 4.72 Å². The monoisotopic (exact) mass is 585 g/mol. The number of aliphatic hydroxyl groups is 1. The molecule has 5 rings (SSSR count). The molecule has 200 valence electrons. The van der Waals surface area contributed by atoms with Crippen LogP contribution in [0.15, 0.2) is 77.5 Å². The van der Waals surface area contributed by atoms with Gasteiger partial charge in [0.15, 0.2) is 9.92 Å². The summed E-state index contributed by atoms with van der Waals surface area (Å²) in [6.45, 7) is 0.220. The molecule has 3 atom stereocenters. The number of alkyl halides is 3. The number of benzene rings is 3. The summed E-state index contributed by atoms with van der Waals surface area (Å²) in [5.74, 6) is -0.514. The van der Waals surface area contributed by atoms with Crippen molar-refractivity contribution in [2.24, 2.45) is 0 Å². The third-order valence-corrected chi connectivity index (χ3v) is 8.06. The van der Waals surface area contributed by atoms with Crippen LogP contribution < -0.4 is 9.46 Å². The van der Waals surface area contributed by atoms with Crippen LogP contribution in [0, 0.1) is 4.78 Å². The number of rotatable bonds is 5. The molecule has 3 N–H and O–H groups in total. The number of halogens is 5. The number of ether oxygens (including phenoxy) is 2. The number of nitrogens with one attached hydrogen (secondary N) is 2. The van der Waals surface area contributed by atoms with Gasteiger partial charge in [-0.1, -0.05) is 23.2 Å². The normalized spacial score (nSPS) is 19.9. The van der Waals surface area contributed by atoms with E-state index in [1.165, 1.54) is 6.26 Å². The van der Waals surface area contributed by atoms with Gasteiger partial charge in [0.05, 0.1) is 23.2 Å². The second kappa shape index (κ2) is 9.88. The van der Waals surface area contributed by atoms with E-state index in [0.29, 0.717) is 16.5 Å². The zero-order valence-corrected chi connectivity index (χ0v) is 21.7. The van der Waals surface area contributed by atoms with Crippen molar-refractivity contribution in [1.82, 2.24) is 9.29 Å². The van der Waals surface area contributed by atoms with E-state index in [4.69, 9.17) is 32.7 Å². The Bertz CT molecular complexity index is 1600. The Balaban J connectivity index is 1.49. The fraction of sp³-hybridized carbons (Fsp3) is 0.200. The molecule has 0 fully saturated rings. The zero-order valence-electron chi connectivity index (χ0n) is 19.3. The number of aliphatic hydroxyl groups excluding tert-OH is 1. The number of nitrogens with zero attached hydrogens (tertiary/aromatic N) is 1. The highest BCUT2D eigenvalue weighted by molar-refractivity contribution is 7.90. The van der Waals surface area contributed by atoms with Crippen molar-refractivity contribution in [3.63, 3.8) is 0 Å². The minimum absolute atomic E-state index is 0.0129. The maximum absolute atomic E-state index is 13.3. The SMILES string of the molecule is N=S(=O)(NC1=COCC[C@@H](n2c3ccc(Cl)cc3c3cc(Cl)ccc32)[C@H]1O)c1ccc(OC(F)(F)F)cc1. The van der Waals surface area contributed by atoms with E-state index in [-0.39, 0.29) is 17.2 Å². The molecule has 2 heterocycles. The van der Waals surface area contributed by atoms with Crippen molar-refractivity contribution in [3.05, 3.63) is 82.7 Å². The molecule has 0 saturated heterocycles. The Hall–Kier alpha value is -3.12. The van der Waals surface area contributed by atoms with Crippen LogP contribution in [0.4, 0.5) is 13.2 Å². The largest absolute Gasteiger partial charge is 0.573 e. The summed E-state index contributed by atoms with van der Waals surface area (Å²) in [6.07, 6.45) is -4.58. The fourth-order valence-corrected chi connectivity index (χ4v) is 6.02. The van der Waals surface area contributed by atoms with Crippen molar-refractivity contribution in [1.29, 1.82) is 4.78 Å². The standard InChI is InChI=1S/C25H20Cl2F3N3O4S/c26-14-1-7-21-18(11-14)19-12-15(27)2-8-22(19)33(21)23-9-10-36-13-20(24(23)34)32-38(31,35)17-5-3-16(4-6-17)37-25(28,29)30/h1-8,11-13,23-24,34H,9-10H2,(H2,31,32,35)/t23-,24+,38?/m1/s1. The predicted molar refractivity (Wildman–Crippen MR) is 139 cm³/mol. The summed E-state index contributed by atoms with van der Waals surface area (Å²) < 4.78 is 72.8. The molecule has 0 bridgehead atoms. The average molecular weight is 586 g/mol. The molecule has 1 unspecified atom stereocenters. The lowest BCUT2D eigenvalue weighted by molar-refractivity contribution is -0.274. The third-order valence-electron chi connectivity index (χ3n) is 6.13. The minimum Gasteiger partial charge on any atom is -0.499 e. The maximum Gasteiger partial charge on any atom is 0.573 e. The van der Waals surface area contributed by atoms with Crippen LogP contribution >= 0.6 is 23.2 Å². The van der Waals surface area contributed by atoms with E-state index in [0.717, 1.165) is 46.1 Å². The molecule has 13 heteroatoms. The first-order chi connectivity index (χ1) is 17.9. The highest BCUT2D eigenvalue weighted by Crippen LogP contribution is 2.38. The maximum atomic E-state index is 13.3. The van der Waals surface area contributed by atoms with Crippen molar-refractivity contribution < 1.29 is 32.0 Å². The topological polar surface area (TPSA) is 96.6 Å². The number of hydrogen-bond donors (Lipinski definition) is 3. The molecule has 0 aliphatic carbocycles. The molecule has 0 spiro atoms. The van der Waals surface area contributed by atoms with Gasteiger partial charge in [0.2, 0.25) is 0 Å². The molecular weight excluding hydrogens is 566 g/mol.